The summed E-state index contributed by atoms with van der Waals surface area (Å²) in [5, 5.41) is 0. The third-order valence-electron chi connectivity index (χ3n) is 4.73. The molecule has 2 rings (SSSR count). The first-order valence-corrected chi connectivity index (χ1v) is 11.7. The molecule has 9 heteroatoms. The SMILES string of the molecule is C=C(C)C(=O)Oc1cc(C=CC(=O)c2cc(OC(=O)C(=C)C)cc(OC(=O)C(=C)C)c2)cc(OC(=O)C(=C)C)c1. The minimum atomic E-state index is -0.740. The fourth-order valence-corrected chi connectivity index (χ4v) is 2.68. The van der Waals surface area contributed by atoms with Crippen LogP contribution in [-0.4, -0.2) is 29.7 Å². The Morgan fingerprint density at radius 1 is 0.525 bits per heavy atom. The highest BCUT2D eigenvalue weighted by molar-refractivity contribution is 6.07. The molecule has 0 heterocycles. The monoisotopic (exact) mass is 544 g/mol. The summed E-state index contributed by atoms with van der Waals surface area (Å²) in [5.74, 6) is -3.49. The molecule has 0 aliphatic heterocycles. The summed E-state index contributed by atoms with van der Waals surface area (Å²) in [7, 11) is 0. The van der Waals surface area contributed by atoms with E-state index in [1.54, 1.807) is 0 Å². The summed E-state index contributed by atoms with van der Waals surface area (Å²) in [6.07, 6.45) is 2.55. The molecular weight excluding hydrogens is 516 g/mol. The van der Waals surface area contributed by atoms with Crippen LogP contribution < -0.4 is 18.9 Å². The van der Waals surface area contributed by atoms with Gasteiger partial charge in [-0.2, -0.15) is 0 Å². The fraction of sp³-hybridized carbons (Fsp3) is 0.129. The molecule has 9 nitrogen and oxygen atoms in total. The molecule has 0 aromatic heterocycles. The van der Waals surface area contributed by atoms with E-state index in [9.17, 15) is 24.0 Å². The van der Waals surface area contributed by atoms with Crippen LogP contribution >= 0.6 is 0 Å². The second kappa shape index (κ2) is 13.5. The molecule has 40 heavy (non-hydrogen) atoms. The van der Waals surface area contributed by atoms with Gasteiger partial charge < -0.3 is 18.9 Å². The second-order valence-electron chi connectivity index (χ2n) is 8.81. The van der Waals surface area contributed by atoms with Crippen molar-refractivity contribution in [3.8, 4) is 23.0 Å². The minimum absolute atomic E-state index is 0.0200. The van der Waals surface area contributed by atoms with Crippen LogP contribution in [0, 0.1) is 0 Å². The first-order valence-electron chi connectivity index (χ1n) is 11.7. The van der Waals surface area contributed by atoms with E-state index in [1.165, 1.54) is 76.2 Å². The number of rotatable bonds is 11. The van der Waals surface area contributed by atoms with Gasteiger partial charge >= 0.3 is 23.9 Å². The summed E-state index contributed by atoms with van der Waals surface area (Å²) in [5.41, 5.74) is 0.884. The van der Waals surface area contributed by atoms with Crippen molar-refractivity contribution in [2.75, 3.05) is 0 Å². The molecule has 0 atom stereocenters. The maximum Gasteiger partial charge on any atom is 0.338 e. The molecule has 0 bridgehead atoms. The molecule has 2 aromatic carbocycles. The summed E-state index contributed by atoms with van der Waals surface area (Å²) >= 11 is 0. The van der Waals surface area contributed by atoms with Crippen molar-refractivity contribution >= 4 is 35.7 Å². The molecule has 0 aliphatic rings. The molecule has 0 N–H and O–H groups in total. The van der Waals surface area contributed by atoms with E-state index in [1.807, 2.05) is 0 Å². The van der Waals surface area contributed by atoms with Gasteiger partial charge in [0.05, 0.1) is 0 Å². The molecule has 0 saturated carbocycles. The van der Waals surface area contributed by atoms with Gasteiger partial charge in [0.2, 0.25) is 0 Å². The van der Waals surface area contributed by atoms with Crippen LogP contribution in [0.5, 0.6) is 23.0 Å². The fourth-order valence-electron chi connectivity index (χ4n) is 2.68. The molecule has 206 valence electrons. The molecule has 0 fully saturated rings. The predicted molar refractivity (Wildman–Crippen MR) is 148 cm³/mol. The van der Waals surface area contributed by atoms with Gasteiger partial charge in [-0.1, -0.05) is 32.4 Å². The van der Waals surface area contributed by atoms with Crippen LogP contribution in [0.3, 0.4) is 0 Å². The van der Waals surface area contributed by atoms with E-state index in [0.29, 0.717) is 5.56 Å². The third-order valence-corrected chi connectivity index (χ3v) is 4.73. The Morgan fingerprint density at radius 3 is 1.12 bits per heavy atom. The van der Waals surface area contributed by atoms with Gasteiger partial charge in [-0.3, -0.25) is 4.79 Å². The van der Waals surface area contributed by atoms with Crippen LogP contribution in [0.15, 0.2) is 91.1 Å². The lowest BCUT2D eigenvalue weighted by atomic mass is 10.1. The lowest BCUT2D eigenvalue weighted by Crippen LogP contribution is -2.11. The van der Waals surface area contributed by atoms with E-state index in [-0.39, 0.29) is 50.9 Å². The van der Waals surface area contributed by atoms with E-state index in [2.05, 4.69) is 26.3 Å². The number of hydrogen-bond acceptors (Lipinski definition) is 9. The molecule has 0 saturated heterocycles. The summed E-state index contributed by atoms with van der Waals surface area (Å²) in [4.78, 5) is 61.1. The van der Waals surface area contributed by atoms with Crippen molar-refractivity contribution < 1.29 is 42.9 Å². The van der Waals surface area contributed by atoms with Gasteiger partial charge in [-0.05, 0) is 63.6 Å². The molecule has 0 radical (unpaired) electrons. The van der Waals surface area contributed by atoms with Crippen molar-refractivity contribution in [3.63, 3.8) is 0 Å². The molecule has 0 aliphatic carbocycles. The van der Waals surface area contributed by atoms with Gasteiger partial charge in [0.1, 0.15) is 23.0 Å². The maximum absolute atomic E-state index is 13.1. The van der Waals surface area contributed by atoms with E-state index < -0.39 is 29.7 Å². The lowest BCUT2D eigenvalue weighted by molar-refractivity contribution is -0.131. The molecule has 0 amide bonds. The van der Waals surface area contributed by atoms with Gasteiger partial charge in [0.15, 0.2) is 5.78 Å². The largest absolute Gasteiger partial charge is 0.423 e. The molecule has 0 spiro atoms. The predicted octanol–water partition coefficient (Wildman–Crippen LogP) is 5.51. The normalized spacial score (nSPS) is 10.3. The van der Waals surface area contributed by atoms with Crippen molar-refractivity contribution in [3.05, 3.63) is 102 Å². The zero-order chi connectivity index (χ0) is 30.1. The quantitative estimate of drug-likeness (QED) is 0.156. The number of benzene rings is 2. The number of esters is 4. The van der Waals surface area contributed by atoms with Crippen LogP contribution in [0.2, 0.25) is 0 Å². The molecule has 0 unspecified atom stereocenters. The Labute approximate surface area is 231 Å². The number of hydrogen-bond donors (Lipinski definition) is 0. The van der Waals surface area contributed by atoms with Crippen LogP contribution in [0.4, 0.5) is 0 Å². The number of ether oxygens (including phenoxy) is 4. The highest BCUT2D eigenvalue weighted by Gasteiger charge is 2.15. The zero-order valence-electron chi connectivity index (χ0n) is 22.6. The number of carbonyl (C=O) groups excluding carboxylic acids is 5. The average molecular weight is 545 g/mol. The third kappa shape index (κ3) is 9.21. The Bertz CT molecular complexity index is 1400. The van der Waals surface area contributed by atoms with Crippen LogP contribution in [0.1, 0.15) is 43.6 Å². The first-order chi connectivity index (χ1) is 18.7. The van der Waals surface area contributed by atoms with E-state index in [4.69, 9.17) is 18.9 Å². The van der Waals surface area contributed by atoms with Crippen molar-refractivity contribution in [1.82, 2.24) is 0 Å². The lowest BCUT2D eigenvalue weighted by Gasteiger charge is -2.10. The van der Waals surface area contributed by atoms with Gasteiger partial charge in [0.25, 0.3) is 0 Å². The maximum atomic E-state index is 13.1. The summed E-state index contributed by atoms with van der Waals surface area (Å²) in [6, 6.07) is 8.04. The van der Waals surface area contributed by atoms with E-state index in [0.717, 1.165) is 0 Å². The number of carbonyl (C=O) groups is 5. The Kier molecular flexibility index (Phi) is 10.4. The summed E-state index contributed by atoms with van der Waals surface area (Å²) in [6.45, 7) is 19.9. The van der Waals surface area contributed by atoms with E-state index >= 15 is 0 Å². The van der Waals surface area contributed by atoms with Crippen LogP contribution in [0.25, 0.3) is 6.08 Å². The Balaban J connectivity index is 2.47. The smallest absolute Gasteiger partial charge is 0.338 e. The Hall–Kier alpha value is -5.31. The standard InChI is InChI=1S/C31H28O9/c1-17(2)28(33)37-23-11-21(12-24(15-23)38-29(34)18(3)4)9-10-27(32)22-13-25(39-30(35)19(5)6)16-26(14-22)40-31(36)20(7)8/h9-16H,1,3,5,7H2,2,4,6,8H3. The Morgan fingerprint density at radius 2 is 0.825 bits per heavy atom. The van der Waals surface area contributed by atoms with Gasteiger partial charge in [-0.25, -0.2) is 19.2 Å². The zero-order valence-corrected chi connectivity index (χ0v) is 22.6. The number of ketones is 1. The van der Waals surface area contributed by atoms with Gasteiger partial charge in [-0.15, -0.1) is 0 Å². The molecular formula is C31H28O9. The first kappa shape index (κ1) is 30.9. The molecule has 2 aromatic rings. The summed E-state index contributed by atoms with van der Waals surface area (Å²) < 4.78 is 20.9. The topological polar surface area (TPSA) is 122 Å². The number of allylic oxidation sites excluding steroid dienone is 1. The highest BCUT2D eigenvalue weighted by atomic mass is 16.6. The minimum Gasteiger partial charge on any atom is -0.423 e. The van der Waals surface area contributed by atoms with Gasteiger partial charge in [0, 0.05) is 40.0 Å². The van der Waals surface area contributed by atoms with Crippen molar-refractivity contribution in [1.29, 1.82) is 0 Å². The average Bonchev–Trinajstić information content (AvgIpc) is 2.86. The van der Waals surface area contributed by atoms with Crippen molar-refractivity contribution in [2.24, 2.45) is 0 Å². The van der Waals surface area contributed by atoms with Crippen molar-refractivity contribution in [2.45, 2.75) is 27.7 Å². The highest BCUT2D eigenvalue weighted by Crippen LogP contribution is 2.27. The van der Waals surface area contributed by atoms with Crippen LogP contribution in [-0.2, 0) is 19.2 Å². The second-order valence-corrected chi connectivity index (χ2v) is 8.81.